The summed E-state index contributed by atoms with van der Waals surface area (Å²) in [5.41, 5.74) is 0.871. The number of amides is 2. The van der Waals surface area contributed by atoms with Crippen LogP contribution in [0.4, 0.5) is 4.79 Å². The highest BCUT2D eigenvalue weighted by Gasteiger charge is 2.40. The van der Waals surface area contributed by atoms with E-state index in [1.165, 1.54) is 7.11 Å². The lowest BCUT2D eigenvalue weighted by molar-refractivity contribution is -0.145. The highest BCUT2D eigenvalue weighted by Crippen LogP contribution is 2.26. The van der Waals surface area contributed by atoms with Crippen molar-refractivity contribution in [3.63, 3.8) is 0 Å². The molecular weight excluding hydrogens is 384 g/mol. The van der Waals surface area contributed by atoms with E-state index in [2.05, 4.69) is 11.9 Å². The molecule has 3 atom stereocenters. The third-order valence-electron chi connectivity index (χ3n) is 5.49. The van der Waals surface area contributed by atoms with Gasteiger partial charge in [0.2, 0.25) is 5.91 Å². The molecule has 30 heavy (non-hydrogen) atoms. The van der Waals surface area contributed by atoms with Gasteiger partial charge in [-0.3, -0.25) is 9.69 Å². The molecular formula is C23H26N2O5. The maximum atomic E-state index is 12.9. The molecule has 2 amide bonds. The fraction of sp³-hybridized carbons (Fsp3) is 0.348. The van der Waals surface area contributed by atoms with Crippen LogP contribution < -0.4 is 5.32 Å². The maximum Gasteiger partial charge on any atom is 0.407 e. The molecule has 1 aliphatic rings. The van der Waals surface area contributed by atoms with Crippen molar-refractivity contribution in [2.24, 2.45) is 5.92 Å². The summed E-state index contributed by atoms with van der Waals surface area (Å²) in [5.74, 6) is -1.02. The standard InChI is InChI=1S/C23H26N2O5/c1-3-6-16-13-20(25(14-16)23(28)29)21(26)24-19(22(27)30-2)12-15-9-10-17-7-4-5-8-18(17)11-15/h3-5,7-11,16,19-20H,1,6,12-14H2,2H3,(H,24,26)(H,28,29)/t16?,19-,20?/m0/s1. The number of hydrogen-bond acceptors (Lipinski definition) is 4. The van der Waals surface area contributed by atoms with Crippen molar-refractivity contribution in [2.45, 2.75) is 31.3 Å². The van der Waals surface area contributed by atoms with Gasteiger partial charge in [-0.15, -0.1) is 6.58 Å². The Balaban J connectivity index is 1.76. The van der Waals surface area contributed by atoms with E-state index < -0.39 is 30.1 Å². The molecule has 3 rings (SSSR count). The monoisotopic (exact) mass is 410 g/mol. The Labute approximate surface area is 175 Å². The van der Waals surface area contributed by atoms with Gasteiger partial charge in [-0.05, 0) is 35.1 Å². The van der Waals surface area contributed by atoms with Crippen molar-refractivity contribution in [2.75, 3.05) is 13.7 Å². The fourth-order valence-electron chi connectivity index (χ4n) is 3.99. The van der Waals surface area contributed by atoms with E-state index in [-0.39, 0.29) is 18.9 Å². The van der Waals surface area contributed by atoms with Gasteiger partial charge in [0, 0.05) is 13.0 Å². The van der Waals surface area contributed by atoms with Crippen LogP contribution >= 0.6 is 0 Å². The van der Waals surface area contributed by atoms with Gasteiger partial charge in [-0.2, -0.15) is 0 Å². The number of rotatable bonds is 7. The number of carbonyl (C=O) groups excluding carboxylic acids is 2. The Morgan fingerprint density at radius 3 is 2.67 bits per heavy atom. The Morgan fingerprint density at radius 2 is 2.00 bits per heavy atom. The number of nitrogens with zero attached hydrogens (tertiary/aromatic N) is 1. The highest BCUT2D eigenvalue weighted by molar-refractivity contribution is 5.90. The second kappa shape index (κ2) is 9.43. The molecule has 1 saturated heterocycles. The minimum atomic E-state index is -1.15. The van der Waals surface area contributed by atoms with Crippen LogP contribution in [0.25, 0.3) is 10.8 Å². The largest absolute Gasteiger partial charge is 0.467 e. The van der Waals surface area contributed by atoms with Gasteiger partial charge in [0.05, 0.1) is 7.11 Å². The summed E-state index contributed by atoms with van der Waals surface area (Å²) < 4.78 is 4.87. The molecule has 0 saturated carbocycles. The first-order valence-electron chi connectivity index (χ1n) is 9.89. The quantitative estimate of drug-likeness (QED) is 0.540. The van der Waals surface area contributed by atoms with Gasteiger partial charge in [-0.1, -0.05) is 48.5 Å². The van der Waals surface area contributed by atoms with Crippen LogP contribution in [0.15, 0.2) is 55.1 Å². The van der Waals surface area contributed by atoms with Crippen LogP contribution in [0.3, 0.4) is 0 Å². The van der Waals surface area contributed by atoms with E-state index in [4.69, 9.17) is 4.74 Å². The molecule has 1 aliphatic heterocycles. The molecule has 158 valence electrons. The molecule has 2 N–H and O–H groups in total. The Bertz CT molecular complexity index is 958. The number of benzene rings is 2. The van der Waals surface area contributed by atoms with Crippen LogP contribution in [0.2, 0.25) is 0 Å². The first-order valence-corrected chi connectivity index (χ1v) is 9.89. The van der Waals surface area contributed by atoms with Crippen LogP contribution in [0, 0.1) is 5.92 Å². The molecule has 1 fully saturated rings. The lowest BCUT2D eigenvalue weighted by atomic mass is 10.00. The lowest BCUT2D eigenvalue weighted by Crippen LogP contribution is -2.51. The number of carboxylic acid groups (broad SMARTS) is 1. The van der Waals surface area contributed by atoms with E-state index >= 15 is 0 Å². The van der Waals surface area contributed by atoms with Crippen LogP contribution in [-0.4, -0.2) is 53.7 Å². The van der Waals surface area contributed by atoms with Crippen molar-refractivity contribution in [3.05, 3.63) is 60.7 Å². The summed E-state index contributed by atoms with van der Waals surface area (Å²) in [6.45, 7) is 3.96. The van der Waals surface area contributed by atoms with Gasteiger partial charge < -0.3 is 15.2 Å². The van der Waals surface area contributed by atoms with Gasteiger partial charge in [-0.25, -0.2) is 9.59 Å². The van der Waals surface area contributed by atoms with E-state index in [1.807, 2.05) is 42.5 Å². The number of methoxy groups -OCH3 is 1. The van der Waals surface area contributed by atoms with Crippen LogP contribution in [0.5, 0.6) is 0 Å². The predicted molar refractivity (Wildman–Crippen MR) is 113 cm³/mol. The zero-order chi connectivity index (χ0) is 21.7. The number of nitrogens with one attached hydrogen (secondary N) is 1. The zero-order valence-corrected chi connectivity index (χ0v) is 16.9. The summed E-state index contributed by atoms with van der Waals surface area (Å²) in [7, 11) is 1.26. The fourth-order valence-corrected chi connectivity index (χ4v) is 3.99. The van der Waals surface area contributed by atoms with Gasteiger partial charge in [0.15, 0.2) is 0 Å². The SMILES string of the molecule is C=CCC1CC(C(=O)N[C@@H](Cc2ccc3ccccc3c2)C(=O)OC)N(C(=O)O)C1. The average Bonchev–Trinajstić information content (AvgIpc) is 3.17. The van der Waals surface area contributed by atoms with Gasteiger partial charge in [0.1, 0.15) is 12.1 Å². The topological polar surface area (TPSA) is 95.9 Å². The van der Waals surface area contributed by atoms with E-state index in [0.717, 1.165) is 21.2 Å². The number of likely N-dealkylation sites (tertiary alicyclic amines) is 1. The molecule has 2 unspecified atom stereocenters. The molecule has 0 spiro atoms. The molecule has 0 aliphatic carbocycles. The number of hydrogen-bond donors (Lipinski definition) is 2. The summed E-state index contributed by atoms with van der Waals surface area (Å²) in [5, 5.41) is 14.3. The highest BCUT2D eigenvalue weighted by atomic mass is 16.5. The number of fused-ring (bicyclic) bond motifs is 1. The smallest absolute Gasteiger partial charge is 0.407 e. The molecule has 1 heterocycles. The number of carbonyl (C=O) groups is 3. The van der Waals surface area contributed by atoms with Crippen molar-refractivity contribution in [3.8, 4) is 0 Å². The summed E-state index contributed by atoms with van der Waals surface area (Å²) >= 11 is 0. The number of allylic oxidation sites excluding steroid dienone is 1. The van der Waals surface area contributed by atoms with Crippen molar-refractivity contribution in [1.29, 1.82) is 0 Å². The van der Waals surface area contributed by atoms with Crippen LogP contribution in [0.1, 0.15) is 18.4 Å². The predicted octanol–water partition coefficient (Wildman–Crippen LogP) is 2.98. The van der Waals surface area contributed by atoms with E-state index in [9.17, 15) is 19.5 Å². The van der Waals surface area contributed by atoms with E-state index in [0.29, 0.717) is 12.8 Å². The Kier molecular flexibility index (Phi) is 6.72. The maximum absolute atomic E-state index is 12.9. The van der Waals surface area contributed by atoms with Crippen molar-refractivity contribution < 1.29 is 24.2 Å². The van der Waals surface area contributed by atoms with Crippen molar-refractivity contribution >= 4 is 28.7 Å². The Morgan fingerprint density at radius 1 is 1.27 bits per heavy atom. The number of ether oxygens (including phenoxy) is 1. The molecule has 0 radical (unpaired) electrons. The first kappa shape index (κ1) is 21.4. The van der Waals surface area contributed by atoms with Crippen molar-refractivity contribution in [1.82, 2.24) is 10.2 Å². The minimum absolute atomic E-state index is 0.0337. The third-order valence-corrected chi connectivity index (χ3v) is 5.49. The second-order valence-corrected chi connectivity index (χ2v) is 7.55. The third kappa shape index (κ3) is 4.79. The summed E-state index contributed by atoms with van der Waals surface area (Å²) in [6, 6.07) is 12.0. The van der Waals surface area contributed by atoms with Crippen LogP contribution in [-0.2, 0) is 20.7 Å². The van der Waals surface area contributed by atoms with Gasteiger partial charge in [0.25, 0.3) is 0 Å². The average molecular weight is 410 g/mol. The molecule has 2 aromatic carbocycles. The normalized spacial score (nSPS) is 19.3. The molecule has 7 heteroatoms. The van der Waals surface area contributed by atoms with Gasteiger partial charge >= 0.3 is 12.1 Å². The zero-order valence-electron chi connectivity index (χ0n) is 16.9. The molecule has 2 aromatic rings. The Hall–Kier alpha value is -3.35. The lowest BCUT2D eigenvalue weighted by Gasteiger charge is -2.23. The van der Waals surface area contributed by atoms with E-state index in [1.54, 1.807) is 6.08 Å². The summed E-state index contributed by atoms with van der Waals surface area (Å²) in [6.07, 6.45) is 1.85. The first-order chi connectivity index (χ1) is 14.4. The molecule has 0 aromatic heterocycles. The molecule has 7 nitrogen and oxygen atoms in total. The molecule has 0 bridgehead atoms. The second-order valence-electron chi connectivity index (χ2n) is 7.55. The number of esters is 1. The minimum Gasteiger partial charge on any atom is -0.467 e. The summed E-state index contributed by atoms with van der Waals surface area (Å²) in [4.78, 5) is 37.9.